The number of aryl methyl sites for hydroxylation is 1. The topological polar surface area (TPSA) is 46.9 Å². The van der Waals surface area contributed by atoms with Gasteiger partial charge < -0.3 is 5.32 Å². The van der Waals surface area contributed by atoms with Crippen LogP contribution in [0, 0.1) is 0 Å². The van der Waals surface area contributed by atoms with E-state index in [9.17, 15) is 4.79 Å². The molecule has 0 spiro atoms. The summed E-state index contributed by atoms with van der Waals surface area (Å²) < 4.78 is 2.89. The van der Waals surface area contributed by atoms with Crippen molar-refractivity contribution in [3.63, 3.8) is 0 Å². The molecular weight excluding hydrogens is 318 g/mol. The largest absolute Gasteiger partial charge is 0.343 e. The summed E-state index contributed by atoms with van der Waals surface area (Å²) in [6.45, 7) is 4.74. The molecular formula is C16H16ClN3OS. The third-order valence-corrected chi connectivity index (χ3v) is 5.26. The predicted molar refractivity (Wildman–Crippen MR) is 90.6 cm³/mol. The molecule has 1 unspecified atom stereocenters. The summed E-state index contributed by atoms with van der Waals surface area (Å²) in [5.41, 5.74) is 0.980. The third kappa shape index (κ3) is 2.62. The first-order chi connectivity index (χ1) is 10.6. The van der Waals surface area contributed by atoms with E-state index >= 15 is 0 Å². The van der Waals surface area contributed by atoms with E-state index < -0.39 is 0 Å². The number of benzene rings is 1. The lowest BCUT2D eigenvalue weighted by atomic mass is 10.2. The van der Waals surface area contributed by atoms with Crippen LogP contribution < -0.4 is 5.32 Å². The molecule has 1 amide bonds. The van der Waals surface area contributed by atoms with Crippen LogP contribution in [0.5, 0.6) is 0 Å². The quantitative estimate of drug-likeness (QED) is 0.775. The number of hydrogen-bond donors (Lipinski definition) is 1. The van der Waals surface area contributed by atoms with Crippen molar-refractivity contribution >= 4 is 38.9 Å². The van der Waals surface area contributed by atoms with Gasteiger partial charge in [-0.05, 0) is 26.0 Å². The molecule has 0 radical (unpaired) electrons. The van der Waals surface area contributed by atoms with Gasteiger partial charge in [0.25, 0.3) is 5.91 Å². The van der Waals surface area contributed by atoms with Gasteiger partial charge in [-0.1, -0.05) is 29.8 Å². The molecule has 0 aliphatic carbocycles. The van der Waals surface area contributed by atoms with E-state index in [2.05, 4.69) is 10.4 Å². The Labute approximate surface area is 137 Å². The van der Waals surface area contributed by atoms with Crippen LogP contribution in [0.3, 0.4) is 0 Å². The molecule has 2 heterocycles. The second-order valence-electron chi connectivity index (χ2n) is 5.01. The summed E-state index contributed by atoms with van der Waals surface area (Å²) in [7, 11) is 0. The lowest BCUT2D eigenvalue weighted by Crippen LogP contribution is -2.27. The molecule has 0 aliphatic heterocycles. The molecule has 2 aromatic heterocycles. The van der Waals surface area contributed by atoms with Crippen LogP contribution >= 0.6 is 22.9 Å². The van der Waals surface area contributed by atoms with Gasteiger partial charge in [0, 0.05) is 22.8 Å². The van der Waals surface area contributed by atoms with Crippen LogP contribution in [0.25, 0.3) is 10.1 Å². The Hall–Kier alpha value is -1.85. The van der Waals surface area contributed by atoms with Crippen molar-refractivity contribution in [2.75, 3.05) is 0 Å². The maximum Gasteiger partial charge on any atom is 0.263 e. The SMILES string of the molecule is CCn1nccc1C(C)NC(=O)c1sc2ccccc2c1Cl. The minimum absolute atomic E-state index is 0.128. The number of carbonyl (C=O) groups excluding carboxylic acids is 1. The molecule has 114 valence electrons. The molecule has 1 aromatic carbocycles. The molecule has 0 aliphatic rings. The van der Waals surface area contributed by atoms with Crippen LogP contribution in [0.2, 0.25) is 5.02 Å². The van der Waals surface area contributed by atoms with Gasteiger partial charge in [0.15, 0.2) is 0 Å². The van der Waals surface area contributed by atoms with E-state index in [1.165, 1.54) is 11.3 Å². The molecule has 0 bridgehead atoms. The minimum atomic E-state index is -0.150. The lowest BCUT2D eigenvalue weighted by molar-refractivity contribution is 0.0942. The molecule has 0 saturated heterocycles. The molecule has 0 saturated carbocycles. The second-order valence-corrected chi connectivity index (χ2v) is 6.44. The van der Waals surface area contributed by atoms with Gasteiger partial charge in [-0.3, -0.25) is 9.48 Å². The summed E-state index contributed by atoms with van der Waals surface area (Å²) in [5, 5.41) is 8.68. The molecule has 1 atom stereocenters. The molecule has 22 heavy (non-hydrogen) atoms. The van der Waals surface area contributed by atoms with Gasteiger partial charge in [0.1, 0.15) is 4.88 Å². The number of carbonyl (C=O) groups is 1. The van der Waals surface area contributed by atoms with Crippen LogP contribution in [0.1, 0.15) is 35.3 Å². The highest BCUT2D eigenvalue weighted by Gasteiger charge is 2.20. The van der Waals surface area contributed by atoms with Gasteiger partial charge in [-0.2, -0.15) is 5.10 Å². The minimum Gasteiger partial charge on any atom is -0.343 e. The Balaban J connectivity index is 1.86. The molecule has 6 heteroatoms. The fourth-order valence-corrected chi connectivity index (χ4v) is 3.89. The highest BCUT2D eigenvalue weighted by atomic mass is 35.5. The number of amides is 1. The third-order valence-electron chi connectivity index (χ3n) is 3.58. The van der Waals surface area contributed by atoms with Crippen molar-refractivity contribution in [2.24, 2.45) is 0 Å². The summed E-state index contributed by atoms with van der Waals surface area (Å²) >= 11 is 7.77. The molecule has 3 aromatic rings. The average molecular weight is 334 g/mol. The number of fused-ring (bicyclic) bond motifs is 1. The van der Waals surface area contributed by atoms with Crippen molar-refractivity contribution in [2.45, 2.75) is 26.4 Å². The standard InChI is InChI=1S/C16H16ClN3OS/c1-3-20-12(8-9-18-20)10(2)19-16(21)15-14(17)11-6-4-5-7-13(11)22-15/h4-10H,3H2,1-2H3,(H,19,21). The first-order valence-corrected chi connectivity index (χ1v) is 8.31. The fraction of sp³-hybridized carbons (Fsp3) is 0.250. The Kier molecular flexibility index (Phi) is 4.18. The zero-order valence-corrected chi connectivity index (χ0v) is 13.9. The van der Waals surface area contributed by atoms with E-state index in [1.54, 1.807) is 6.20 Å². The van der Waals surface area contributed by atoms with E-state index in [1.807, 2.05) is 48.9 Å². The highest BCUT2D eigenvalue weighted by Crippen LogP contribution is 2.35. The number of rotatable bonds is 4. The van der Waals surface area contributed by atoms with Crippen molar-refractivity contribution < 1.29 is 4.79 Å². The van der Waals surface area contributed by atoms with Crippen LogP contribution in [0.15, 0.2) is 36.5 Å². The summed E-state index contributed by atoms with van der Waals surface area (Å²) in [6, 6.07) is 9.56. The van der Waals surface area contributed by atoms with Crippen molar-refractivity contribution in [1.29, 1.82) is 0 Å². The van der Waals surface area contributed by atoms with Gasteiger partial charge in [-0.25, -0.2) is 0 Å². The first-order valence-electron chi connectivity index (χ1n) is 7.11. The van der Waals surface area contributed by atoms with E-state index in [-0.39, 0.29) is 11.9 Å². The van der Waals surface area contributed by atoms with Crippen LogP contribution in [-0.2, 0) is 6.54 Å². The monoisotopic (exact) mass is 333 g/mol. The molecule has 4 nitrogen and oxygen atoms in total. The number of hydrogen-bond acceptors (Lipinski definition) is 3. The number of halogens is 1. The number of nitrogens with one attached hydrogen (secondary N) is 1. The molecule has 3 rings (SSSR count). The lowest BCUT2D eigenvalue weighted by Gasteiger charge is -2.14. The van der Waals surface area contributed by atoms with E-state index in [0.717, 1.165) is 22.3 Å². The summed E-state index contributed by atoms with van der Waals surface area (Å²) in [6.07, 6.45) is 1.74. The summed E-state index contributed by atoms with van der Waals surface area (Å²) in [5.74, 6) is -0.150. The van der Waals surface area contributed by atoms with E-state index in [0.29, 0.717) is 9.90 Å². The van der Waals surface area contributed by atoms with Gasteiger partial charge in [0.05, 0.1) is 16.8 Å². The zero-order chi connectivity index (χ0) is 15.7. The molecule has 1 N–H and O–H groups in total. The van der Waals surface area contributed by atoms with Gasteiger partial charge >= 0.3 is 0 Å². The Morgan fingerprint density at radius 1 is 1.41 bits per heavy atom. The predicted octanol–water partition coefficient (Wildman–Crippen LogP) is 4.26. The van der Waals surface area contributed by atoms with Crippen LogP contribution in [0.4, 0.5) is 0 Å². The Morgan fingerprint density at radius 2 is 2.18 bits per heavy atom. The van der Waals surface area contributed by atoms with Crippen LogP contribution in [-0.4, -0.2) is 15.7 Å². The van der Waals surface area contributed by atoms with Gasteiger partial charge in [-0.15, -0.1) is 11.3 Å². The number of aromatic nitrogens is 2. The van der Waals surface area contributed by atoms with Crippen molar-refractivity contribution in [1.82, 2.24) is 15.1 Å². The van der Waals surface area contributed by atoms with Gasteiger partial charge in [0.2, 0.25) is 0 Å². The Bertz CT molecular complexity index is 824. The Morgan fingerprint density at radius 3 is 2.91 bits per heavy atom. The average Bonchev–Trinajstić information content (AvgIpc) is 3.12. The highest BCUT2D eigenvalue weighted by molar-refractivity contribution is 7.21. The number of nitrogens with zero attached hydrogens (tertiary/aromatic N) is 2. The molecule has 0 fully saturated rings. The number of thiophene rings is 1. The summed E-state index contributed by atoms with van der Waals surface area (Å²) in [4.78, 5) is 13.1. The maximum absolute atomic E-state index is 12.5. The zero-order valence-electron chi connectivity index (χ0n) is 12.3. The van der Waals surface area contributed by atoms with Crippen molar-refractivity contribution in [3.8, 4) is 0 Å². The fourth-order valence-electron chi connectivity index (χ4n) is 2.47. The maximum atomic E-state index is 12.5. The first kappa shape index (κ1) is 15.1. The second kappa shape index (κ2) is 6.10. The smallest absolute Gasteiger partial charge is 0.263 e. The van der Waals surface area contributed by atoms with E-state index in [4.69, 9.17) is 11.6 Å². The van der Waals surface area contributed by atoms with Crippen molar-refractivity contribution in [3.05, 3.63) is 52.1 Å². The normalized spacial score (nSPS) is 12.5.